The Morgan fingerprint density at radius 3 is 2.53 bits per heavy atom. The van der Waals surface area contributed by atoms with Crippen molar-refractivity contribution in [2.24, 2.45) is 5.41 Å². The van der Waals surface area contributed by atoms with Crippen molar-refractivity contribution in [2.75, 3.05) is 0 Å². The third-order valence-electron chi connectivity index (χ3n) is 2.49. The van der Waals surface area contributed by atoms with Gasteiger partial charge < -0.3 is 10.2 Å². The lowest BCUT2D eigenvalue weighted by Gasteiger charge is -2.36. The van der Waals surface area contributed by atoms with Crippen molar-refractivity contribution in [1.29, 1.82) is 0 Å². The monoisotopic (exact) mass is 208 g/mol. The van der Waals surface area contributed by atoms with E-state index in [1.54, 1.807) is 6.92 Å². The van der Waals surface area contributed by atoms with E-state index in [2.05, 4.69) is 25.7 Å². The largest absolute Gasteiger partial charge is 0.381 e. The Kier molecular flexibility index (Phi) is 3.28. The third kappa shape index (κ3) is 3.70. The maximum absolute atomic E-state index is 10.3. The number of allylic oxidation sites excluding steroid dienone is 1. The minimum Gasteiger partial charge on any atom is -0.381 e. The van der Waals surface area contributed by atoms with Gasteiger partial charge in [-0.25, -0.2) is 0 Å². The molecule has 0 aliphatic heterocycles. The van der Waals surface area contributed by atoms with Crippen molar-refractivity contribution in [2.45, 2.75) is 52.2 Å². The van der Waals surface area contributed by atoms with Gasteiger partial charge in [0.15, 0.2) is 0 Å². The maximum atomic E-state index is 10.3. The lowest BCUT2D eigenvalue weighted by Crippen LogP contribution is -2.35. The molecule has 1 rings (SSSR count). The van der Waals surface area contributed by atoms with Crippen molar-refractivity contribution in [3.05, 3.63) is 11.6 Å². The van der Waals surface area contributed by atoms with E-state index in [1.807, 2.05) is 13.0 Å². The second-order valence-electron chi connectivity index (χ2n) is 5.38. The van der Waals surface area contributed by atoms with Gasteiger partial charge in [0, 0.05) is 0 Å². The van der Waals surface area contributed by atoms with Crippen LogP contribution >= 0.6 is 0 Å². The smallest absolute Gasteiger partial charge is 0.144 e. The quantitative estimate of drug-likeness (QED) is 0.471. The number of aliphatic hydroxyl groups excluding tert-OH is 1. The molecule has 1 aliphatic rings. The van der Waals surface area contributed by atoms with Gasteiger partial charge in [0.2, 0.25) is 0 Å². The molecule has 0 aromatic carbocycles. The fourth-order valence-corrected chi connectivity index (χ4v) is 2.37. The summed E-state index contributed by atoms with van der Waals surface area (Å²) in [6, 6.07) is 0. The van der Waals surface area contributed by atoms with Gasteiger partial charge in [0.1, 0.15) is 11.7 Å². The Labute approximate surface area is 92.0 Å². The van der Waals surface area contributed by atoms with Gasteiger partial charge in [-0.1, -0.05) is 31.3 Å². The Hall–Kier alpha value is -0.780. The van der Waals surface area contributed by atoms with Crippen LogP contribution in [-0.4, -0.2) is 21.9 Å². The molecule has 0 heterocycles. The van der Waals surface area contributed by atoms with Crippen molar-refractivity contribution < 1.29 is 10.2 Å². The van der Waals surface area contributed by atoms with E-state index < -0.39 is 11.7 Å². The topological polar surface area (TPSA) is 40.5 Å². The number of aliphatic hydroxyl groups is 2. The highest BCUT2D eigenvalue weighted by molar-refractivity contribution is 5.30. The first-order valence-corrected chi connectivity index (χ1v) is 5.34. The van der Waals surface area contributed by atoms with Crippen LogP contribution in [0, 0.1) is 17.3 Å². The molecule has 2 unspecified atom stereocenters. The van der Waals surface area contributed by atoms with E-state index in [1.165, 1.54) is 0 Å². The van der Waals surface area contributed by atoms with Crippen molar-refractivity contribution in [3.8, 4) is 11.8 Å². The van der Waals surface area contributed by atoms with Crippen LogP contribution in [0.25, 0.3) is 0 Å². The summed E-state index contributed by atoms with van der Waals surface area (Å²) in [6.45, 7) is 7.86. The molecular formula is C13H20O2. The van der Waals surface area contributed by atoms with E-state index in [9.17, 15) is 5.11 Å². The molecule has 0 bridgehead atoms. The molecule has 84 valence electrons. The maximum Gasteiger partial charge on any atom is 0.144 e. The van der Waals surface area contributed by atoms with Crippen LogP contribution in [0.5, 0.6) is 0 Å². The van der Waals surface area contributed by atoms with Gasteiger partial charge in [-0.15, -0.1) is 0 Å². The lowest BCUT2D eigenvalue weighted by atomic mass is 9.71. The summed E-state index contributed by atoms with van der Waals surface area (Å²) in [5.41, 5.74) is 0.165. The summed E-state index contributed by atoms with van der Waals surface area (Å²) >= 11 is 0. The van der Waals surface area contributed by atoms with Crippen molar-refractivity contribution in [3.63, 3.8) is 0 Å². The van der Waals surface area contributed by atoms with E-state index in [0.717, 1.165) is 12.0 Å². The normalized spacial score (nSPS) is 31.2. The zero-order chi connectivity index (χ0) is 11.7. The van der Waals surface area contributed by atoms with E-state index >= 15 is 0 Å². The van der Waals surface area contributed by atoms with Crippen LogP contribution in [0.1, 0.15) is 40.5 Å². The molecule has 2 nitrogen and oxygen atoms in total. The van der Waals surface area contributed by atoms with E-state index in [4.69, 9.17) is 5.11 Å². The molecule has 0 fully saturated rings. The molecule has 2 N–H and O–H groups in total. The molecule has 15 heavy (non-hydrogen) atoms. The first-order valence-electron chi connectivity index (χ1n) is 5.34. The van der Waals surface area contributed by atoms with Crippen LogP contribution in [0.4, 0.5) is 0 Å². The second kappa shape index (κ2) is 4.00. The Morgan fingerprint density at radius 1 is 1.47 bits per heavy atom. The lowest BCUT2D eigenvalue weighted by molar-refractivity contribution is 0.0810. The van der Waals surface area contributed by atoms with Crippen molar-refractivity contribution >= 4 is 0 Å². The van der Waals surface area contributed by atoms with E-state index in [0.29, 0.717) is 6.42 Å². The zero-order valence-corrected chi connectivity index (χ0v) is 9.96. The van der Waals surface area contributed by atoms with Crippen LogP contribution in [-0.2, 0) is 0 Å². The third-order valence-corrected chi connectivity index (χ3v) is 2.49. The second-order valence-corrected chi connectivity index (χ2v) is 5.38. The van der Waals surface area contributed by atoms with Gasteiger partial charge in [-0.05, 0) is 38.2 Å². The standard InChI is InChI=1S/C13H20O2/c1-10-7-12(3,4)9-13(15,8-10)6-5-11(2)14/h8,11,14-15H,7,9H2,1-4H3. The molecule has 1 aliphatic carbocycles. The predicted molar refractivity (Wildman–Crippen MR) is 61.2 cm³/mol. The molecule has 0 radical (unpaired) electrons. The Morgan fingerprint density at radius 2 is 2.07 bits per heavy atom. The zero-order valence-electron chi connectivity index (χ0n) is 9.96. The number of rotatable bonds is 0. The fraction of sp³-hybridized carbons (Fsp3) is 0.692. The van der Waals surface area contributed by atoms with Crippen LogP contribution in [0.2, 0.25) is 0 Å². The average molecular weight is 208 g/mol. The first-order chi connectivity index (χ1) is 6.72. The summed E-state index contributed by atoms with van der Waals surface area (Å²) in [6.07, 6.45) is 2.74. The summed E-state index contributed by atoms with van der Waals surface area (Å²) in [7, 11) is 0. The molecule has 0 saturated carbocycles. The highest BCUT2D eigenvalue weighted by Gasteiger charge is 2.35. The van der Waals surface area contributed by atoms with Gasteiger partial charge in [0.05, 0.1) is 0 Å². The molecule has 0 aromatic heterocycles. The Bertz CT molecular complexity index is 328. The minimum atomic E-state index is -1.07. The van der Waals surface area contributed by atoms with Crippen LogP contribution in [0.15, 0.2) is 11.6 Å². The van der Waals surface area contributed by atoms with E-state index in [-0.39, 0.29) is 5.41 Å². The molecule has 0 saturated heterocycles. The van der Waals surface area contributed by atoms with Gasteiger partial charge in [0.25, 0.3) is 0 Å². The highest BCUT2D eigenvalue weighted by Crippen LogP contribution is 2.39. The Balaban J connectivity index is 2.95. The molecular weight excluding hydrogens is 188 g/mol. The highest BCUT2D eigenvalue weighted by atomic mass is 16.3. The molecule has 0 aromatic rings. The van der Waals surface area contributed by atoms with Gasteiger partial charge in [-0.2, -0.15) is 0 Å². The van der Waals surface area contributed by atoms with Gasteiger partial charge >= 0.3 is 0 Å². The van der Waals surface area contributed by atoms with Crippen LogP contribution in [0.3, 0.4) is 0 Å². The SMILES string of the molecule is CC1=CC(O)(C#CC(C)O)CC(C)(C)C1. The molecule has 2 atom stereocenters. The fourth-order valence-electron chi connectivity index (χ4n) is 2.37. The molecule has 2 heteroatoms. The summed E-state index contributed by atoms with van der Waals surface area (Å²) in [4.78, 5) is 0. The first kappa shape index (κ1) is 12.3. The molecule has 0 spiro atoms. The number of hydrogen-bond acceptors (Lipinski definition) is 2. The van der Waals surface area contributed by atoms with Crippen molar-refractivity contribution in [1.82, 2.24) is 0 Å². The minimum absolute atomic E-state index is 0.0704. The average Bonchev–Trinajstić information content (AvgIpc) is 1.96. The summed E-state index contributed by atoms with van der Waals surface area (Å²) < 4.78 is 0. The predicted octanol–water partition coefficient (Wildman–Crippen LogP) is 1.87. The summed E-state index contributed by atoms with van der Waals surface area (Å²) in [5.74, 6) is 5.39. The molecule has 0 amide bonds. The number of hydrogen-bond donors (Lipinski definition) is 2. The van der Waals surface area contributed by atoms with Crippen LogP contribution < -0.4 is 0 Å². The summed E-state index contributed by atoms with van der Waals surface area (Å²) in [5, 5.41) is 19.4. The van der Waals surface area contributed by atoms with Gasteiger partial charge in [-0.3, -0.25) is 0 Å².